The van der Waals surface area contributed by atoms with Crippen molar-refractivity contribution in [3.63, 3.8) is 0 Å². The summed E-state index contributed by atoms with van der Waals surface area (Å²) in [5.41, 5.74) is 0.321. The molecule has 130 valence electrons. The summed E-state index contributed by atoms with van der Waals surface area (Å²) < 4.78 is 0. The Morgan fingerprint density at radius 1 is 1.12 bits per heavy atom. The zero-order valence-corrected chi connectivity index (χ0v) is 14.5. The van der Waals surface area contributed by atoms with Crippen LogP contribution >= 0.6 is 0 Å². The lowest BCUT2D eigenvalue weighted by molar-refractivity contribution is -0.132. The first-order chi connectivity index (χ1) is 11.3. The van der Waals surface area contributed by atoms with Crippen molar-refractivity contribution in [1.82, 2.24) is 15.5 Å². The lowest BCUT2D eigenvalue weighted by Gasteiger charge is -2.31. The molecule has 0 saturated carbocycles. The van der Waals surface area contributed by atoms with Crippen molar-refractivity contribution in [2.75, 3.05) is 19.6 Å². The minimum Gasteiger partial charge on any atom is -0.354 e. The van der Waals surface area contributed by atoms with E-state index in [4.69, 9.17) is 0 Å². The van der Waals surface area contributed by atoms with Crippen LogP contribution in [0.5, 0.6) is 0 Å². The summed E-state index contributed by atoms with van der Waals surface area (Å²) >= 11 is 0. The van der Waals surface area contributed by atoms with E-state index >= 15 is 0 Å². The summed E-state index contributed by atoms with van der Waals surface area (Å²) in [6, 6.07) is 8.92. The molecule has 2 rings (SSSR count). The van der Waals surface area contributed by atoms with Crippen LogP contribution in [-0.4, -0.2) is 47.8 Å². The van der Waals surface area contributed by atoms with E-state index in [1.54, 1.807) is 29.2 Å². The predicted octanol–water partition coefficient (Wildman–Crippen LogP) is 1.18. The highest BCUT2D eigenvalue weighted by atomic mass is 16.2. The van der Waals surface area contributed by atoms with E-state index in [1.807, 2.05) is 26.8 Å². The molecule has 2 N–H and O–H groups in total. The van der Waals surface area contributed by atoms with Crippen molar-refractivity contribution in [3.8, 4) is 0 Å². The molecule has 6 heteroatoms. The van der Waals surface area contributed by atoms with Gasteiger partial charge in [-0.3, -0.25) is 14.4 Å². The van der Waals surface area contributed by atoms with Gasteiger partial charge in [0, 0.05) is 37.2 Å². The van der Waals surface area contributed by atoms with Crippen LogP contribution in [0.2, 0.25) is 0 Å². The third kappa shape index (κ3) is 4.57. The monoisotopic (exact) mass is 331 g/mol. The highest BCUT2D eigenvalue weighted by Crippen LogP contribution is 2.25. The van der Waals surface area contributed by atoms with Gasteiger partial charge in [-0.2, -0.15) is 0 Å². The molecule has 0 aliphatic carbocycles. The number of benzene rings is 1. The molecule has 1 atom stereocenters. The third-order valence-electron chi connectivity index (χ3n) is 4.05. The summed E-state index contributed by atoms with van der Waals surface area (Å²) in [5, 5.41) is 5.55. The van der Waals surface area contributed by atoms with Crippen molar-refractivity contribution in [3.05, 3.63) is 35.9 Å². The van der Waals surface area contributed by atoms with Crippen LogP contribution in [0.4, 0.5) is 0 Å². The number of rotatable bonds is 5. The molecule has 1 fully saturated rings. The van der Waals surface area contributed by atoms with E-state index < -0.39 is 0 Å². The van der Waals surface area contributed by atoms with Crippen LogP contribution in [-0.2, 0) is 9.59 Å². The van der Waals surface area contributed by atoms with Crippen LogP contribution < -0.4 is 10.6 Å². The molecule has 1 aromatic carbocycles. The Labute approximate surface area is 142 Å². The average Bonchev–Trinajstić information content (AvgIpc) is 2.94. The number of nitrogens with zero attached hydrogens (tertiary/aromatic N) is 1. The maximum absolute atomic E-state index is 12.2. The SMILES string of the molecule is CC(C)(C)N1CC(C(=O)NCCNC(=O)c2ccccc2)CC1=O. The molecule has 1 aromatic rings. The molecule has 1 unspecified atom stereocenters. The van der Waals surface area contributed by atoms with Gasteiger partial charge in [-0.1, -0.05) is 18.2 Å². The first kappa shape index (κ1) is 18.0. The second-order valence-corrected chi connectivity index (χ2v) is 6.99. The van der Waals surface area contributed by atoms with Crippen LogP contribution in [0.15, 0.2) is 30.3 Å². The molecule has 1 heterocycles. The quantitative estimate of drug-likeness (QED) is 0.795. The van der Waals surface area contributed by atoms with Gasteiger partial charge in [0.15, 0.2) is 0 Å². The Bertz CT molecular complexity index is 608. The molecule has 0 radical (unpaired) electrons. The second kappa shape index (κ2) is 7.47. The molecule has 1 aliphatic rings. The second-order valence-electron chi connectivity index (χ2n) is 6.99. The van der Waals surface area contributed by atoms with Crippen LogP contribution in [0, 0.1) is 5.92 Å². The Morgan fingerprint density at radius 3 is 2.33 bits per heavy atom. The number of likely N-dealkylation sites (tertiary alicyclic amines) is 1. The van der Waals surface area contributed by atoms with Crippen molar-refractivity contribution < 1.29 is 14.4 Å². The van der Waals surface area contributed by atoms with Gasteiger partial charge in [0.25, 0.3) is 5.91 Å². The molecule has 0 aromatic heterocycles. The summed E-state index contributed by atoms with van der Waals surface area (Å²) in [6.07, 6.45) is 0.249. The standard InChI is InChI=1S/C18H25N3O3/c1-18(2,3)21-12-14(11-15(21)22)17(24)20-10-9-19-16(23)13-7-5-4-6-8-13/h4-8,14H,9-12H2,1-3H3,(H,19,23)(H,20,24). The molecule has 24 heavy (non-hydrogen) atoms. The van der Waals surface area contributed by atoms with E-state index in [9.17, 15) is 14.4 Å². The van der Waals surface area contributed by atoms with E-state index in [-0.39, 0.29) is 35.6 Å². The lowest BCUT2D eigenvalue weighted by Crippen LogP contribution is -2.43. The number of hydrogen-bond donors (Lipinski definition) is 2. The molecule has 3 amide bonds. The normalized spacial score (nSPS) is 17.7. The van der Waals surface area contributed by atoms with Crippen LogP contribution in [0.3, 0.4) is 0 Å². The Balaban J connectivity index is 1.72. The first-order valence-electron chi connectivity index (χ1n) is 8.20. The summed E-state index contributed by atoms with van der Waals surface area (Å²) in [5.74, 6) is -0.606. The van der Waals surface area contributed by atoms with Gasteiger partial charge in [0.05, 0.1) is 5.92 Å². The van der Waals surface area contributed by atoms with Crippen molar-refractivity contribution in [2.24, 2.45) is 5.92 Å². The Kier molecular flexibility index (Phi) is 5.59. The maximum atomic E-state index is 12.2. The van der Waals surface area contributed by atoms with Crippen molar-refractivity contribution in [2.45, 2.75) is 32.7 Å². The summed E-state index contributed by atoms with van der Waals surface area (Å²) in [6.45, 7) is 7.03. The number of hydrogen-bond acceptors (Lipinski definition) is 3. The largest absolute Gasteiger partial charge is 0.354 e. The minimum absolute atomic E-state index is 0.0139. The fourth-order valence-electron chi connectivity index (χ4n) is 2.73. The number of nitrogens with one attached hydrogen (secondary N) is 2. The highest BCUT2D eigenvalue weighted by Gasteiger charge is 2.39. The third-order valence-corrected chi connectivity index (χ3v) is 4.05. The molecule has 1 aliphatic heterocycles. The zero-order valence-electron chi connectivity index (χ0n) is 14.5. The van der Waals surface area contributed by atoms with Crippen molar-refractivity contribution >= 4 is 17.7 Å². The minimum atomic E-state index is -0.318. The number of carbonyl (C=O) groups excluding carboxylic acids is 3. The summed E-state index contributed by atoms with van der Waals surface area (Å²) in [7, 11) is 0. The molecule has 0 bridgehead atoms. The van der Waals surface area contributed by atoms with E-state index in [0.29, 0.717) is 25.2 Å². The van der Waals surface area contributed by atoms with E-state index in [2.05, 4.69) is 10.6 Å². The molecular formula is C18H25N3O3. The molecule has 1 saturated heterocycles. The van der Waals surface area contributed by atoms with E-state index in [1.165, 1.54) is 0 Å². The number of amides is 3. The lowest BCUT2D eigenvalue weighted by atomic mass is 10.1. The van der Waals surface area contributed by atoms with Gasteiger partial charge >= 0.3 is 0 Å². The summed E-state index contributed by atoms with van der Waals surface area (Å²) in [4.78, 5) is 37.8. The van der Waals surface area contributed by atoms with E-state index in [0.717, 1.165) is 0 Å². The van der Waals surface area contributed by atoms with Gasteiger partial charge in [0.2, 0.25) is 11.8 Å². The smallest absolute Gasteiger partial charge is 0.251 e. The van der Waals surface area contributed by atoms with Gasteiger partial charge in [0.1, 0.15) is 0 Å². The predicted molar refractivity (Wildman–Crippen MR) is 91.4 cm³/mol. The average molecular weight is 331 g/mol. The topological polar surface area (TPSA) is 78.5 Å². The molecule has 0 spiro atoms. The first-order valence-corrected chi connectivity index (χ1v) is 8.20. The Hall–Kier alpha value is -2.37. The van der Waals surface area contributed by atoms with Gasteiger partial charge in [-0.15, -0.1) is 0 Å². The highest BCUT2D eigenvalue weighted by molar-refractivity contribution is 5.94. The zero-order chi connectivity index (χ0) is 17.7. The van der Waals surface area contributed by atoms with Crippen molar-refractivity contribution in [1.29, 1.82) is 0 Å². The Morgan fingerprint density at radius 2 is 1.75 bits per heavy atom. The van der Waals surface area contributed by atoms with Gasteiger partial charge in [-0.05, 0) is 32.9 Å². The molecular weight excluding hydrogens is 306 g/mol. The molecule has 6 nitrogen and oxygen atoms in total. The fraction of sp³-hybridized carbons (Fsp3) is 0.500. The van der Waals surface area contributed by atoms with Gasteiger partial charge in [-0.25, -0.2) is 0 Å². The fourth-order valence-corrected chi connectivity index (χ4v) is 2.73. The maximum Gasteiger partial charge on any atom is 0.251 e. The van der Waals surface area contributed by atoms with Crippen LogP contribution in [0.25, 0.3) is 0 Å². The van der Waals surface area contributed by atoms with Crippen LogP contribution in [0.1, 0.15) is 37.6 Å². The van der Waals surface area contributed by atoms with Gasteiger partial charge < -0.3 is 15.5 Å². The number of carbonyl (C=O) groups is 3.